The molecule has 1 rings (SSSR count). The summed E-state index contributed by atoms with van der Waals surface area (Å²) in [7, 11) is 1.61. The number of aromatic hydroxyl groups is 1. The van der Waals surface area contributed by atoms with E-state index in [2.05, 4.69) is 0 Å². The zero-order valence-electron chi connectivity index (χ0n) is 8.45. The molecule has 0 saturated heterocycles. The van der Waals surface area contributed by atoms with Gasteiger partial charge in [-0.15, -0.1) is 0 Å². The lowest BCUT2D eigenvalue weighted by Crippen LogP contribution is -1.92. The summed E-state index contributed by atoms with van der Waals surface area (Å²) in [6, 6.07) is 3.46. The van der Waals surface area contributed by atoms with E-state index in [-0.39, 0.29) is 5.75 Å². The smallest absolute Gasteiger partial charge is 0.123 e. The van der Waals surface area contributed by atoms with E-state index < -0.39 is 0 Å². The molecule has 0 aliphatic carbocycles. The number of hydrogen-bond acceptors (Lipinski definition) is 3. The molecule has 3 N–H and O–H groups in total. The molecule has 1 aromatic carbocycles. The van der Waals surface area contributed by atoms with E-state index in [0.29, 0.717) is 6.54 Å². The maximum atomic E-state index is 9.59. The minimum atomic E-state index is 0.244. The van der Waals surface area contributed by atoms with Crippen molar-refractivity contribution in [1.82, 2.24) is 0 Å². The van der Waals surface area contributed by atoms with E-state index in [1.807, 2.05) is 6.92 Å². The van der Waals surface area contributed by atoms with Crippen molar-refractivity contribution in [3.8, 4) is 11.5 Å². The monoisotopic (exact) mass is 193 g/mol. The Kier molecular flexibility index (Phi) is 3.54. The Labute approximate surface area is 83.8 Å². The first-order valence-electron chi connectivity index (χ1n) is 4.43. The van der Waals surface area contributed by atoms with Crippen LogP contribution in [0.5, 0.6) is 11.5 Å². The normalized spacial score (nSPS) is 10.8. The van der Waals surface area contributed by atoms with Crippen molar-refractivity contribution in [2.75, 3.05) is 13.7 Å². The zero-order valence-corrected chi connectivity index (χ0v) is 8.45. The molecular weight excluding hydrogens is 178 g/mol. The van der Waals surface area contributed by atoms with Gasteiger partial charge in [-0.25, -0.2) is 0 Å². The fourth-order valence-corrected chi connectivity index (χ4v) is 1.24. The maximum absolute atomic E-state index is 9.59. The van der Waals surface area contributed by atoms with E-state index in [9.17, 15) is 5.11 Å². The van der Waals surface area contributed by atoms with Crippen molar-refractivity contribution in [2.45, 2.75) is 6.92 Å². The number of phenols is 1. The lowest BCUT2D eigenvalue weighted by molar-refractivity contribution is 0.408. The molecule has 0 spiro atoms. The van der Waals surface area contributed by atoms with Gasteiger partial charge in [-0.3, -0.25) is 0 Å². The Morgan fingerprint density at radius 2 is 2.21 bits per heavy atom. The molecular formula is C11H15NO2. The number of ether oxygens (including phenoxy) is 1. The van der Waals surface area contributed by atoms with Crippen molar-refractivity contribution < 1.29 is 9.84 Å². The summed E-state index contributed by atoms with van der Waals surface area (Å²) in [5, 5.41) is 9.59. The Bertz CT molecular complexity index is 345. The summed E-state index contributed by atoms with van der Waals surface area (Å²) >= 11 is 0. The second-order valence-electron chi connectivity index (χ2n) is 3.02. The van der Waals surface area contributed by atoms with E-state index >= 15 is 0 Å². The molecule has 0 aliphatic heterocycles. The molecule has 0 saturated carbocycles. The van der Waals surface area contributed by atoms with E-state index in [1.165, 1.54) is 0 Å². The van der Waals surface area contributed by atoms with Gasteiger partial charge in [-0.2, -0.15) is 0 Å². The third kappa shape index (κ3) is 2.26. The Morgan fingerprint density at radius 3 is 2.79 bits per heavy atom. The summed E-state index contributed by atoms with van der Waals surface area (Å²) in [6.45, 7) is 2.34. The summed E-state index contributed by atoms with van der Waals surface area (Å²) in [4.78, 5) is 0. The van der Waals surface area contributed by atoms with Crippen LogP contribution >= 0.6 is 0 Å². The molecule has 0 radical (unpaired) electrons. The quantitative estimate of drug-likeness (QED) is 0.768. The molecule has 0 fully saturated rings. The highest BCUT2D eigenvalue weighted by Gasteiger charge is 2.03. The zero-order chi connectivity index (χ0) is 10.6. The summed E-state index contributed by atoms with van der Waals surface area (Å²) in [6.07, 6.45) is 3.56. The van der Waals surface area contributed by atoms with Gasteiger partial charge in [-0.1, -0.05) is 12.2 Å². The third-order valence-corrected chi connectivity index (χ3v) is 1.98. The summed E-state index contributed by atoms with van der Waals surface area (Å²) in [5.41, 5.74) is 6.96. The number of nitrogens with two attached hydrogens (primary N) is 1. The number of methoxy groups -OCH3 is 1. The minimum Gasteiger partial charge on any atom is -0.507 e. The van der Waals surface area contributed by atoms with Gasteiger partial charge in [0, 0.05) is 12.1 Å². The van der Waals surface area contributed by atoms with Gasteiger partial charge in [0.25, 0.3) is 0 Å². The second kappa shape index (κ2) is 4.67. The van der Waals surface area contributed by atoms with Crippen LogP contribution in [0.1, 0.15) is 11.1 Å². The molecule has 0 heterocycles. The molecule has 3 heteroatoms. The summed E-state index contributed by atoms with van der Waals surface area (Å²) in [5.74, 6) is 1.01. The lowest BCUT2D eigenvalue weighted by Gasteiger charge is -2.07. The highest BCUT2D eigenvalue weighted by Crippen LogP contribution is 2.28. The number of phenolic OH excluding ortho intramolecular Hbond substituents is 1. The highest BCUT2D eigenvalue weighted by molar-refractivity contribution is 5.61. The van der Waals surface area contributed by atoms with Crippen LogP contribution in [-0.2, 0) is 0 Å². The highest BCUT2D eigenvalue weighted by atomic mass is 16.5. The van der Waals surface area contributed by atoms with Gasteiger partial charge < -0.3 is 15.6 Å². The van der Waals surface area contributed by atoms with Crippen LogP contribution in [0.4, 0.5) is 0 Å². The predicted octanol–water partition coefficient (Wildman–Crippen LogP) is 1.68. The van der Waals surface area contributed by atoms with Crippen LogP contribution in [0.25, 0.3) is 6.08 Å². The molecule has 0 atom stereocenters. The van der Waals surface area contributed by atoms with Crippen molar-refractivity contribution in [1.29, 1.82) is 0 Å². The second-order valence-corrected chi connectivity index (χ2v) is 3.02. The van der Waals surface area contributed by atoms with Gasteiger partial charge in [0.1, 0.15) is 11.5 Å². The van der Waals surface area contributed by atoms with Gasteiger partial charge in [0.05, 0.1) is 7.11 Å². The van der Waals surface area contributed by atoms with Crippen LogP contribution in [0.2, 0.25) is 0 Å². The third-order valence-electron chi connectivity index (χ3n) is 1.98. The van der Waals surface area contributed by atoms with Crippen LogP contribution in [-0.4, -0.2) is 18.8 Å². The number of aryl methyl sites for hydroxylation is 1. The van der Waals surface area contributed by atoms with Crippen molar-refractivity contribution >= 4 is 6.08 Å². The molecule has 14 heavy (non-hydrogen) atoms. The van der Waals surface area contributed by atoms with Gasteiger partial charge in [0.15, 0.2) is 0 Å². The van der Waals surface area contributed by atoms with Crippen molar-refractivity contribution in [2.24, 2.45) is 5.73 Å². The standard InChI is InChI=1S/C11H15NO2/c1-8-6-10(13)9(4-3-5-12)7-11(8)14-2/h3-4,6-7,13H,5,12H2,1-2H3/b4-3+. The first-order valence-corrected chi connectivity index (χ1v) is 4.43. The maximum Gasteiger partial charge on any atom is 0.123 e. The fraction of sp³-hybridized carbons (Fsp3) is 0.273. The van der Waals surface area contributed by atoms with E-state index in [0.717, 1.165) is 16.9 Å². The van der Waals surface area contributed by atoms with Crippen LogP contribution in [0, 0.1) is 6.92 Å². The molecule has 0 amide bonds. The van der Waals surface area contributed by atoms with Crippen LogP contribution in [0.15, 0.2) is 18.2 Å². The fourth-order valence-electron chi connectivity index (χ4n) is 1.24. The van der Waals surface area contributed by atoms with E-state index in [4.69, 9.17) is 10.5 Å². The first kappa shape index (κ1) is 10.6. The molecule has 0 aliphatic rings. The van der Waals surface area contributed by atoms with Gasteiger partial charge >= 0.3 is 0 Å². The Morgan fingerprint density at radius 1 is 1.50 bits per heavy atom. The van der Waals surface area contributed by atoms with Gasteiger partial charge in [0.2, 0.25) is 0 Å². The molecule has 0 aromatic heterocycles. The minimum absolute atomic E-state index is 0.244. The Hall–Kier alpha value is -1.48. The SMILES string of the molecule is COc1cc(/C=C/CN)c(O)cc1C. The molecule has 0 bridgehead atoms. The lowest BCUT2D eigenvalue weighted by atomic mass is 10.1. The number of hydrogen-bond donors (Lipinski definition) is 2. The topological polar surface area (TPSA) is 55.5 Å². The molecule has 0 unspecified atom stereocenters. The molecule has 3 nitrogen and oxygen atoms in total. The summed E-state index contributed by atoms with van der Waals surface area (Å²) < 4.78 is 5.14. The van der Waals surface area contributed by atoms with Gasteiger partial charge in [-0.05, 0) is 24.6 Å². The average Bonchev–Trinajstić information content (AvgIpc) is 2.17. The molecule has 1 aromatic rings. The van der Waals surface area contributed by atoms with E-state index in [1.54, 1.807) is 31.4 Å². The predicted molar refractivity (Wildman–Crippen MR) is 57.5 cm³/mol. The van der Waals surface area contributed by atoms with Crippen molar-refractivity contribution in [3.05, 3.63) is 29.3 Å². The largest absolute Gasteiger partial charge is 0.507 e. The Balaban J connectivity index is 3.10. The number of rotatable bonds is 3. The van der Waals surface area contributed by atoms with Crippen molar-refractivity contribution in [3.63, 3.8) is 0 Å². The molecule has 76 valence electrons. The van der Waals surface area contributed by atoms with Crippen LogP contribution < -0.4 is 10.5 Å². The van der Waals surface area contributed by atoms with Crippen LogP contribution in [0.3, 0.4) is 0 Å². The first-order chi connectivity index (χ1) is 6.69. The number of benzene rings is 1. The average molecular weight is 193 g/mol.